The van der Waals surface area contributed by atoms with Crippen LogP contribution in [0.25, 0.3) is 0 Å². The second-order valence-corrected chi connectivity index (χ2v) is 11.0. The molecule has 0 saturated carbocycles. The van der Waals surface area contributed by atoms with Crippen LogP contribution in [0.1, 0.15) is 16.7 Å². The number of nitrogens with zero attached hydrogens (tertiary/aromatic N) is 1. The van der Waals surface area contributed by atoms with E-state index in [1.807, 2.05) is 13.0 Å². The Morgan fingerprint density at radius 1 is 1.00 bits per heavy atom. The highest BCUT2D eigenvalue weighted by molar-refractivity contribution is 7.98. The first-order chi connectivity index (χ1) is 15.8. The van der Waals surface area contributed by atoms with Crippen molar-refractivity contribution in [2.45, 2.75) is 24.5 Å². The Morgan fingerprint density at radius 2 is 1.76 bits per heavy atom. The van der Waals surface area contributed by atoms with Gasteiger partial charge >= 0.3 is 0 Å². The highest BCUT2D eigenvalue weighted by atomic mass is 35.5. The maximum Gasteiger partial charge on any atom is 0.264 e. The fourth-order valence-corrected chi connectivity index (χ4v) is 5.63. The molecule has 0 atom stereocenters. The van der Waals surface area contributed by atoms with E-state index < -0.39 is 10.0 Å². The predicted molar refractivity (Wildman–Crippen MR) is 138 cm³/mol. The van der Waals surface area contributed by atoms with Crippen LogP contribution in [-0.2, 0) is 20.6 Å². The molecule has 0 unspecified atom stereocenters. The lowest BCUT2D eigenvalue weighted by atomic mass is 10.2. The molecule has 0 bridgehead atoms. The van der Waals surface area contributed by atoms with Gasteiger partial charge in [0.25, 0.3) is 10.0 Å². The van der Waals surface area contributed by atoms with Gasteiger partial charge in [-0.2, -0.15) is 11.8 Å². The van der Waals surface area contributed by atoms with Crippen molar-refractivity contribution in [1.82, 2.24) is 5.32 Å². The van der Waals surface area contributed by atoms with E-state index in [1.165, 1.54) is 23.3 Å². The molecule has 3 aromatic rings. The van der Waals surface area contributed by atoms with E-state index in [-0.39, 0.29) is 17.3 Å². The molecule has 0 spiro atoms. The molecule has 0 fully saturated rings. The Labute approximate surface area is 205 Å². The smallest absolute Gasteiger partial charge is 0.264 e. The quantitative estimate of drug-likeness (QED) is 0.387. The van der Waals surface area contributed by atoms with Crippen LogP contribution in [0.3, 0.4) is 0 Å². The first-order valence-corrected chi connectivity index (χ1v) is 13.5. The molecule has 0 heterocycles. The van der Waals surface area contributed by atoms with Crippen molar-refractivity contribution in [3.8, 4) is 0 Å². The second-order valence-electron chi connectivity index (χ2n) is 7.65. The average molecular weight is 503 g/mol. The van der Waals surface area contributed by atoms with Crippen LogP contribution in [0.5, 0.6) is 0 Å². The summed E-state index contributed by atoms with van der Waals surface area (Å²) in [5.74, 6) is 1.21. The number of anilines is 1. The first-order valence-electron chi connectivity index (χ1n) is 10.5. The van der Waals surface area contributed by atoms with Gasteiger partial charge in [-0.3, -0.25) is 9.10 Å². The van der Waals surface area contributed by atoms with Crippen LogP contribution in [0.4, 0.5) is 5.69 Å². The van der Waals surface area contributed by atoms with Crippen LogP contribution in [0.2, 0.25) is 5.02 Å². The van der Waals surface area contributed by atoms with Crippen molar-refractivity contribution in [2.75, 3.05) is 23.1 Å². The molecule has 1 N–H and O–H groups in total. The number of nitrogens with one attached hydrogen (secondary N) is 1. The number of hydrogen-bond donors (Lipinski definition) is 1. The molecule has 0 saturated heterocycles. The zero-order valence-electron chi connectivity index (χ0n) is 18.6. The summed E-state index contributed by atoms with van der Waals surface area (Å²) in [6.45, 7) is 4.01. The molecule has 0 aliphatic heterocycles. The van der Waals surface area contributed by atoms with Crippen molar-refractivity contribution >= 4 is 45.0 Å². The third-order valence-electron chi connectivity index (χ3n) is 4.98. The van der Waals surface area contributed by atoms with Crippen molar-refractivity contribution < 1.29 is 13.2 Å². The van der Waals surface area contributed by atoms with Gasteiger partial charge in [-0.1, -0.05) is 65.7 Å². The Kier molecular flexibility index (Phi) is 8.83. The van der Waals surface area contributed by atoms with E-state index in [2.05, 4.69) is 30.4 Å². The number of halogens is 1. The number of hydrogen-bond acceptors (Lipinski definition) is 4. The largest absolute Gasteiger partial charge is 0.354 e. The minimum atomic E-state index is -3.95. The van der Waals surface area contributed by atoms with Gasteiger partial charge in [0.05, 0.1) is 10.6 Å². The summed E-state index contributed by atoms with van der Waals surface area (Å²) in [6, 6.07) is 21.4. The highest BCUT2D eigenvalue weighted by Gasteiger charge is 2.27. The lowest BCUT2D eigenvalue weighted by Gasteiger charge is -2.24. The van der Waals surface area contributed by atoms with E-state index in [9.17, 15) is 13.2 Å². The van der Waals surface area contributed by atoms with E-state index >= 15 is 0 Å². The molecule has 8 heteroatoms. The first kappa shape index (κ1) is 25.1. The summed E-state index contributed by atoms with van der Waals surface area (Å²) < 4.78 is 27.7. The topological polar surface area (TPSA) is 66.5 Å². The van der Waals surface area contributed by atoms with Crippen molar-refractivity contribution in [3.63, 3.8) is 0 Å². The predicted octanol–water partition coefficient (Wildman–Crippen LogP) is 5.20. The number of amides is 1. The van der Waals surface area contributed by atoms with E-state index in [0.717, 1.165) is 21.4 Å². The summed E-state index contributed by atoms with van der Waals surface area (Å²) in [4.78, 5) is 12.8. The maximum atomic E-state index is 13.3. The Morgan fingerprint density at radius 3 is 2.45 bits per heavy atom. The molecule has 0 aromatic heterocycles. The van der Waals surface area contributed by atoms with Crippen molar-refractivity contribution in [3.05, 3.63) is 94.5 Å². The van der Waals surface area contributed by atoms with Crippen LogP contribution in [0, 0.1) is 13.8 Å². The standard InChI is InChI=1S/C25H27ClN2O3S2/c1-19-7-6-8-21(15-19)18-32-14-13-27-25(29)17-28(22-12-11-20(2)24(26)16-22)33(30,31)23-9-4-3-5-10-23/h3-12,15-16H,13-14,17-18H2,1-2H3,(H,27,29). The van der Waals surface area contributed by atoms with Gasteiger partial charge < -0.3 is 5.32 Å². The Bertz CT molecular complexity index is 1200. The number of sulfonamides is 1. The number of carbonyl (C=O) groups is 1. The molecule has 3 rings (SSSR count). The minimum Gasteiger partial charge on any atom is -0.354 e. The summed E-state index contributed by atoms with van der Waals surface area (Å²) >= 11 is 7.96. The van der Waals surface area contributed by atoms with E-state index in [0.29, 0.717) is 17.3 Å². The fraction of sp³-hybridized carbons (Fsp3) is 0.240. The summed E-state index contributed by atoms with van der Waals surface area (Å²) in [6.07, 6.45) is 0. The van der Waals surface area contributed by atoms with Crippen LogP contribution < -0.4 is 9.62 Å². The van der Waals surface area contributed by atoms with Gasteiger partial charge in [-0.25, -0.2) is 8.42 Å². The second kappa shape index (κ2) is 11.6. The van der Waals surface area contributed by atoms with Crippen LogP contribution in [0.15, 0.2) is 77.7 Å². The molecule has 33 heavy (non-hydrogen) atoms. The zero-order valence-corrected chi connectivity index (χ0v) is 21.0. The van der Waals surface area contributed by atoms with E-state index in [1.54, 1.807) is 48.2 Å². The number of thioether (sulfide) groups is 1. The molecular formula is C25H27ClN2O3S2. The maximum absolute atomic E-state index is 13.3. The monoisotopic (exact) mass is 502 g/mol. The molecule has 0 aliphatic rings. The summed E-state index contributed by atoms with van der Waals surface area (Å²) in [7, 11) is -3.95. The van der Waals surface area contributed by atoms with Crippen molar-refractivity contribution in [1.29, 1.82) is 0 Å². The number of rotatable bonds is 10. The van der Waals surface area contributed by atoms with Gasteiger partial charge in [0, 0.05) is 23.1 Å². The normalized spacial score (nSPS) is 11.2. The van der Waals surface area contributed by atoms with Gasteiger partial charge in [0.2, 0.25) is 5.91 Å². The number of aryl methyl sites for hydroxylation is 2. The van der Waals surface area contributed by atoms with Gasteiger partial charge in [-0.15, -0.1) is 0 Å². The minimum absolute atomic E-state index is 0.114. The van der Waals surface area contributed by atoms with Gasteiger partial charge in [0.1, 0.15) is 6.54 Å². The molecule has 5 nitrogen and oxygen atoms in total. The molecular weight excluding hydrogens is 476 g/mol. The molecule has 174 valence electrons. The van der Waals surface area contributed by atoms with E-state index in [4.69, 9.17) is 11.6 Å². The Balaban J connectivity index is 1.65. The molecule has 0 aliphatic carbocycles. The van der Waals surface area contributed by atoms with Crippen molar-refractivity contribution in [2.24, 2.45) is 0 Å². The lowest BCUT2D eigenvalue weighted by molar-refractivity contribution is -0.119. The summed E-state index contributed by atoms with van der Waals surface area (Å²) in [5.41, 5.74) is 3.63. The molecule has 3 aromatic carbocycles. The van der Waals surface area contributed by atoms with Crippen LogP contribution >= 0.6 is 23.4 Å². The third kappa shape index (κ3) is 7.00. The molecule has 1 amide bonds. The van der Waals surface area contributed by atoms with Crippen LogP contribution in [-0.4, -0.2) is 33.2 Å². The highest BCUT2D eigenvalue weighted by Crippen LogP contribution is 2.28. The number of benzene rings is 3. The zero-order chi connectivity index (χ0) is 23.8. The summed E-state index contributed by atoms with van der Waals surface area (Å²) in [5, 5.41) is 3.27. The van der Waals surface area contributed by atoms with Gasteiger partial charge in [0.15, 0.2) is 0 Å². The lowest BCUT2D eigenvalue weighted by Crippen LogP contribution is -2.41. The fourth-order valence-electron chi connectivity index (χ4n) is 3.21. The Hall–Kier alpha value is -2.48. The number of carbonyl (C=O) groups excluding carboxylic acids is 1. The average Bonchev–Trinajstić information content (AvgIpc) is 2.80. The SMILES string of the molecule is Cc1cccc(CSCCNC(=O)CN(c2ccc(C)c(Cl)c2)S(=O)(=O)c2ccccc2)c1. The molecule has 0 radical (unpaired) electrons. The van der Waals surface area contributed by atoms with Gasteiger partial charge in [-0.05, 0) is 49.2 Å². The third-order valence-corrected chi connectivity index (χ3v) is 8.21.